The fourth-order valence-electron chi connectivity index (χ4n) is 0.809. The normalized spacial score (nSPS) is 13.2. The van der Waals surface area contributed by atoms with Gasteiger partial charge in [-0.1, -0.05) is 0 Å². The zero-order valence-corrected chi connectivity index (χ0v) is 6.96. The summed E-state index contributed by atoms with van der Waals surface area (Å²) in [6.07, 6.45) is 1.01. The van der Waals surface area contributed by atoms with E-state index in [4.69, 9.17) is 16.1 Å². The van der Waals surface area contributed by atoms with Gasteiger partial charge in [0.05, 0.1) is 17.3 Å². The Hall–Kier alpha value is -1.76. The molecule has 0 saturated heterocycles. The van der Waals surface area contributed by atoms with Crippen LogP contribution in [0.25, 0.3) is 0 Å². The molecule has 0 unspecified atom stereocenters. The van der Waals surface area contributed by atoms with Crippen LogP contribution >= 0.6 is 0 Å². The van der Waals surface area contributed by atoms with Crippen LogP contribution in [0.15, 0.2) is 23.1 Å². The van der Waals surface area contributed by atoms with E-state index in [0.717, 1.165) is 6.08 Å². The number of aliphatic hydroxyl groups is 1. The van der Waals surface area contributed by atoms with Gasteiger partial charge in [0.25, 0.3) is 0 Å². The van der Waals surface area contributed by atoms with E-state index in [-0.39, 0.29) is 22.8 Å². The van der Waals surface area contributed by atoms with E-state index in [2.05, 4.69) is 0 Å². The van der Waals surface area contributed by atoms with E-state index in [0.29, 0.717) is 0 Å². The molecule has 0 saturated carbocycles. The highest BCUT2D eigenvalue weighted by Gasteiger charge is 2.10. The number of ketones is 1. The van der Waals surface area contributed by atoms with E-state index in [1.165, 1.54) is 13.8 Å². The van der Waals surface area contributed by atoms with Crippen molar-refractivity contribution in [3.8, 4) is 6.07 Å². The number of nitrogens with two attached hydrogens (primary N) is 1. The van der Waals surface area contributed by atoms with Gasteiger partial charge in [-0.25, -0.2) is 0 Å². The molecule has 12 heavy (non-hydrogen) atoms. The first-order valence-corrected chi connectivity index (χ1v) is 3.27. The van der Waals surface area contributed by atoms with Crippen LogP contribution in [0, 0.1) is 11.3 Å². The Kier molecular flexibility index (Phi) is 3.57. The van der Waals surface area contributed by atoms with Crippen molar-refractivity contribution in [2.75, 3.05) is 0 Å². The molecule has 4 nitrogen and oxygen atoms in total. The van der Waals surface area contributed by atoms with Gasteiger partial charge < -0.3 is 10.8 Å². The molecule has 0 spiro atoms. The molecule has 0 aliphatic carbocycles. The van der Waals surface area contributed by atoms with Gasteiger partial charge in [-0.05, 0) is 13.8 Å². The highest BCUT2D eigenvalue weighted by atomic mass is 16.3. The van der Waals surface area contributed by atoms with Gasteiger partial charge in [0.15, 0.2) is 5.78 Å². The molecule has 4 heteroatoms. The lowest BCUT2D eigenvalue weighted by Gasteiger charge is -2.02. The van der Waals surface area contributed by atoms with Gasteiger partial charge >= 0.3 is 0 Å². The molecule has 3 N–H and O–H groups in total. The standard InChI is InChI=1S/C8H10N2O2/c1-5(11)8(6(2)12)7(10)3-4-9/h3,11H,10H2,1-2H3/b7-3-,8-5+. The summed E-state index contributed by atoms with van der Waals surface area (Å²) in [5, 5.41) is 17.2. The van der Waals surface area contributed by atoms with Crippen molar-refractivity contribution in [2.45, 2.75) is 13.8 Å². The molecule has 0 aliphatic rings. The van der Waals surface area contributed by atoms with Crippen LogP contribution in [0.4, 0.5) is 0 Å². The Morgan fingerprint density at radius 1 is 1.58 bits per heavy atom. The average Bonchev–Trinajstić information content (AvgIpc) is 1.85. The fraction of sp³-hybridized carbons (Fsp3) is 0.250. The maximum absolute atomic E-state index is 10.9. The van der Waals surface area contributed by atoms with E-state index in [1.807, 2.05) is 0 Å². The molecule has 0 aromatic heterocycles. The molecule has 0 bridgehead atoms. The van der Waals surface area contributed by atoms with Crippen LogP contribution in [0.1, 0.15) is 13.8 Å². The number of allylic oxidation sites excluding steroid dienone is 3. The summed E-state index contributed by atoms with van der Waals surface area (Å²) in [7, 11) is 0. The number of carbonyl (C=O) groups is 1. The number of hydrogen-bond acceptors (Lipinski definition) is 4. The quantitative estimate of drug-likeness (QED) is 0.274. The lowest BCUT2D eigenvalue weighted by molar-refractivity contribution is -0.113. The molecule has 0 atom stereocenters. The minimum atomic E-state index is -0.362. The number of rotatable bonds is 2. The number of aliphatic hydroxyl groups excluding tert-OH is 1. The van der Waals surface area contributed by atoms with Crippen molar-refractivity contribution in [2.24, 2.45) is 5.73 Å². The second-order valence-electron chi connectivity index (χ2n) is 2.25. The van der Waals surface area contributed by atoms with Crippen LogP contribution in [0.3, 0.4) is 0 Å². The van der Waals surface area contributed by atoms with E-state index in [9.17, 15) is 4.79 Å². The molecule has 0 rings (SSSR count). The van der Waals surface area contributed by atoms with Gasteiger partial charge in [-0.2, -0.15) is 5.26 Å². The summed E-state index contributed by atoms with van der Waals surface area (Å²) in [5.41, 5.74) is 5.32. The smallest absolute Gasteiger partial charge is 0.165 e. The van der Waals surface area contributed by atoms with Crippen molar-refractivity contribution in [3.63, 3.8) is 0 Å². The second kappa shape index (κ2) is 4.19. The summed E-state index contributed by atoms with van der Waals surface area (Å²) in [6, 6.07) is 1.67. The molecule has 0 aliphatic heterocycles. The molecule has 0 amide bonds. The summed E-state index contributed by atoms with van der Waals surface area (Å²) >= 11 is 0. The van der Waals surface area contributed by atoms with E-state index >= 15 is 0 Å². The third-order valence-electron chi connectivity index (χ3n) is 1.22. The van der Waals surface area contributed by atoms with Crippen LogP contribution in [0.5, 0.6) is 0 Å². The number of hydrogen-bond donors (Lipinski definition) is 2. The van der Waals surface area contributed by atoms with Crippen molar-refractivity contribution < 1.29 is 9.90 Å². The number of nitrogens with zero attached hydrogens (tertiary/aromatic N) is 1. The summed E-state index contributed by atoms with van der Waals surface area (Å²) < 4.78 is 0. The number of Topliss-reactive ketones (excluding diaryl/α,β-unsaturated/α-hetero) is 1. The van der Waals surface area contributed by atoms with Crippen LogP contribution < -0.4 is 5.73 Å². The van der Waals surface area contributed by atoms with Crippen LogP contribution in [0.2, 0.25) is 0 Å². The Balaban J connectivity index is 5.09. The van der Waals surface area contributed by atoms with Crippen molar-refractivity contribution >= 4 is 5.78 Å². The first kappa shape index (κ1) is 10.2. The Bertz CT molecular complexity index is 291. The maximum Gasteiger partial charge on any atom is 0.165 e. The molecule has 64 valence electrons. The Morgan fingerprint density at radius 2 is 2.08 bits per heavy atom. The van der Waals surface area contributed by atoms with Crippen molar-refractivity contribution in [1.82, 2.24) is 0 Å². The third kappa shape index (κ3) is 2.46. The van der Waals surface area contributed by atoms with E-state index in [1.54, 1.807) is 6.07 Å². The summed E-state index contributed by atoms with van der Waals surface area (Å²) in [5.74, 6) is -0.537. The first-order chi connectivity index (χ1) is 5.50. The second-order valence-corrected chi connectivity index (χ2v) is 2.25. The average molecular weight is 166 g/mol. The predicted octanol–water partition coefficient (Wildman–Crippen LogP) is 0.774. The SMILES string of the molecule is CC(=O)C(/C(N)=C/C#N)=C(/C)O. The molecule has 0 aromatic carbocycles. The summed E-state index contributed by atoms with van der Waals surface area (Å²) in [6.45, 7) is 2.61. The van der Waals surface area contributed by atoms with Gasteiger partial charge in [-0.15, -0.1) is 0 Å². The largest absolute Gasteiger partial charge is 0.512 e. The van der Waals surface area contributed by atoms with Gasteiger partial charge in [0, 0.05) is 6.08 Å². The zero-order chi connectivity index (χ0) is 9.72. The predicted molar refractivity (Wildman–Crippen MR) is 43.9 cm³/mol. The number of nitriles is 1. The lowest BCUT2D eigenvalue weighted by Crippen LogP contribution is -2.10. The van der Waals surface area contributed by atoms with Gasteiger partial charge in [0.1, 0.15) is 5.76 Å². The minimum Gasteiger partial charge on any atom is -0.512 e. The Morgan fingerprint density at radius 3 is 2.33 bits per heavy atom. The number of carbonyl (C=O) groups excluding carboxylic acids is 1. The Labute approximate surface area is 70.6 Å². The highest BCUT2D eigenvalue weighted by molar-refractivity contribution is 5.97. The molecule has 0 radical (unpaired) electrons. The molecular formula is C8H10N2O2. The fourth-order valence-corrected chi connectivity index (χ4v) is 0.809. The molecule has 0 heterocycles. The minimum absolute atomic E-state index is 0.00319. The zero-order valence-electron chi connectivity index (χ0n) is 6.96. The van der Waals surface area contributed by atoms with Gasteiger partial charge in [-0.3, -0.25) is 4.79 Å². The van der Waals surface area contributed by atoms with Crippen molar-refractivity contribution in [1.29, 1.82) is 5.26 Å². The molecule has 0 fully saturated rings. The van der Waals surface area contributed by atoms with Crippen LogP contribution in [-0.2, 0) is 4.79 Å². The monoisotopic (exact) mass is 166 g/mol. The van der Waals surface area contributed by atoms with Gasteiger partial charge in [0.2, 0.25) is 0 Å². The topological polar surface area (TPSA) is 87.1 Å². The van der Waals surface area contributed by atoms with Crippen LogP contribution in [-0.4, -0.2) is 10.9 Å². The summed E-state index contributed by atoms with van der Waals surface area (Å²) in [4.78, 5) is 10.9. The third-order valence-corrected chi connectivity index (χ3v) is 1.22. The van der Waals surface area contributed by atoms with E-state index < -0.39 is 0 Å². The highest BCUT2D eigenvalue weighted by Crippen LogP contribution is 2.09. The van der Waals surface area contributed by atoms with Crippen molar-refractivity contribution in [3.05, 3.63) is 23.1 Å². The maximum atomic E-state index is 10.9. The lowest BCUT2D eigenvalue weighted by atomic mass is 10.1. The first-order valence-electron chi connectivity index (χ1n) is 3.27. The molecule has 0 aromatic rings. The molecular weight excluding hydrogens is 156 g/mol.